The van der Waals surface area contributed by atoms with Crippen molar-refractivity contribution in [3.05, 3.63) is 58.1 Å². The van der Waals surface area contributed by atoms with Gasteiger partial charge in [0.15, 0.2) is 0 Å². The van der Waals surface area contributed by atoms with E-state index in [-0.39, 0.29) is 0 Å². The number of rotatable bonds is 5. The molecule has 0 bridgehead atoms. The summed E-state index contributed by atoms with van der Waals surface area (Å²) in [6.07, 6.45) is 0. The molecular formula is C15H16BrNO2. The van der Waals surface area contributed by atoms with E-state index in [2.05, 4.69) is 21.2 Å². The monoisotopic (exact) mass is 321 g/mol. The Kier molecular flexibility index (Phi) is 4.82. The van der Waals surface area contributed by atoms with Gasteiger partial charge >= 0.3 is 0 Å². The van der Waals surface area contributed by atoms with Crippen molar-refractivity contribution < 1.29 is 9.84 Å². The molecule has 0 fully saturated rings. The van der Waals surface area contributed by atoms with E-state index >= 15 is 0 Å². The van der Waals surface area contributed by atoms with E-state index in [1.54, 1.807) is 19.2 Å². The molecule has 0 aliphatic rings. The van der Waals surface area contributed by atoms with Gasteiger partial charge in [-0.05, 0) is 51.3 Å². The lowest BCUT2D eigenvalue weighted by atomic mass is 10.2. The number of nitrogens with one attached hydrogen (secondary N) is 1. The fourth-order valence-corrected chi connectivity index (χ4v) is 2.37. The Hall–Kier alpha value is -1.52. The van der Waals surface area contributed by atoms with E-state index in [1.165, 1.54) is 5.56 Å². The average Bonchev–Trinajstić information content (AvgIpc) is 2.41. The highest BCUT2D eigenvalue weighted by atomic mass is 79.9. The summed E-state index contributed by atoms with van der Waals surface area (Å²) >= 11 is 3.47. The zero-order chi connectivity index (χ0) is 13.7. The van der Waals surface area contributed by atoms with Gasteiger partial charge in [-0.2, -0.15) is 0 Å². The van der Waals surface area contributed by atoms with Crippen molar-refractivity contribution in [3.8, 4) is 11.5 Å². The molecule has 0 radical (unpaired) electrons. The Morgan fingerprint density at radius 2 is 1.68 bits per heavy atom. The minimum Gasteiger partial charge on any atom is -0.508 e. The van der Waals surface area contributed by atoms with Crippen molar-refractivity contribution in [2.45, 2.75) is 13.1 Å². The third-order valence-corrected chi connectivity index (χ3v) is 3.43. The summed E-state index contributed by atoms with van der Waals surface area (Å²) < 4.78 is 6.15. The maximum atomic E-state index is 9.20. The number of aromatic hydroxyl groups is 1. The van der Waals surface area contributed by atoms with Crippen molar-refractivity contribution in [3.63, 3.8) is 0 Å². The summed E-state index contributed by atoms with van der Waals surface area (Å²) in [5.41, 5.74) is 2.33. The maximum absolute atomic E-state index is 9.20. The van der Waals surface area contributed by atoms with Crippen LogP contribution in [0.15, 0.2) is 46.9 Å². The molecule has 2 aromatic carbocycles. The zero-order valence-electron chi connectivity index (χ0n) is 10.7. The predicted octanol–water partition coefficient (Wildman–Crippen LogP) is 3.45. The third kappa shape index (κ3) is 3.98. The quantitative estimate of drug-likeness (QED) is 0.886. The van der Waals surface area contributed by atoms with Crippen LogP contribution in [0.2, 0.25) is 0 Å². The van der Waals surface area contributed by atoms with Gasteiger partial charge in [-0.3, -0.25) is 0 Å². The minimum absolute atomic E-state index is 0.294. The van der Waals surface area contributed by atoms with Gasteiger partial charge in [0, 0.05) is 13.1 Å². The number of benzene rings is 2. The van der Waals surface area contributed by atoms with Gasteiger partial charge in [0.2, 0.25) is 0 Å². The maximum Gasteiger partial charge on any atom is 0.133 e. The molecule has 0 unspecified atom stereocenters. The average molecular weight is 322 g/mol. The van der Waals surface area contributed by atoms with Crippen LogP contribution in [0.25, 0.3) is 0 Å². The first-order chi connectivity index (χ1) is 9.19. The molecule has 0 aromatic heterocycles. The second-order valence-electron chi connectivity index (χ2n) is 4.24. The van der Waals surface area contributed by atoms with E-state index in [1.807, 2.05) is 30.3 Å². The van der Waals surface area contributed by atoms with Gasteiger partial charge in [-0.25, -0.2) is 0 Å². The van der Waals surface area contributed by atoms with E-state index in [9.17, 15) is 5.11 Å². The standard InChI is InChI=1S/C15H16BrNO2/c1-19-15-7-4-12(8-14(15)16)10-17-9-11-2-5-13(18)6-3-11/h2-8,17-18H,9-10H2,1H3. The minimum atomic E-state index is 0.294. The Balaban J connectivity index is 1.88. The van der Waals surface area contributed by atoms with Crippen molar-refractivity contribution in [2.75, 3.05) is 7.11 Å². The van der Waals surface area contributed by atoms with Gasteiger partial charge in [0.05, 0.1) is 11.6 Å². The molecule has 0 atom stereocenters. The van der Waals surface area contributed by atoms with E-state index in [0.717, 1.165) is 28.9 Å². The van der Waals surface area contributed by atoms with Gasteiger partial charge in [0.1, 0.15) is 11.5 Å². The smallest absolute Gasteiger partial charge is 0.133 e. The lowest BCUT2D eigenvalue weighted by Gasteiger charge is -2.08. The lowest BCUT2D eigenvalue weighted by molar-refractivity contribution is 0.412. The summed E-state index contributed by atoms with van der Waals surface area (Å²) in [5, 5.41) is 12.6. The van der Waals surface area contributed by atoms with Gasteiger partial charge < -0.3 is 15.2 Å². The fraction of sp³-hybridized carbons (Fsp3) is 0.200. The number of ether oxygens (including phenoxy) is 1. The Morgan fingerprint density at radius 1 is 1.05 bits per heavy atom. The van der Waals surface area contributed by atoms with Crippen LogP contribution < -0.4 is 10.1 Å². The normalized spacial score (nSPS) is 10.4. The van der Waals surface area contributed by atoms with Crippen LogP contribution >= 0.6 is 15.9 Å². The van der Waals surface area contributed by atoms with Crippen molar-refractivity contribution in [1.82, 2.24) is 5.32 Å². The molecule has 3 nitrogen and oxygen atoms in total. The van der Waals surface area contributed by atoms with Crippen molar-refractivity contribution in [2.24, 2.45) is 0 Å². The SMILES string of the molecule is COc1ccc(CNCc2ccc(O)cc2)cc1Br. The first kappa shape index (κ1) is 13.9. The largest absolute Gasteiger partial charge is 0.508 e. The second kappa shape index (κ2) is 6.59. The summed E-state index contributed by atoms with van der Waals surface area (Å²) in [6, 6.07) is 13.2. The van der Waals surface area contributed by atoms with E-state index in [4.69, 9.17) is 4.74 Å². The molecular weight excluding hydrogens is 306 g/mol. The van der Waals surface area contributed by atoms with Crippen LogP contribution in [-0.2, 0) is 13.1 Å². The molecule has 0 heterocycles. The predicted molar refractivity (Wildman–Crippen MR) is 79.3 cm³/mol. The molecule has 2 N–H and O–H groups in total. The topological polar surface area (TPSA) is 41.5 Å². The Bertz CT molecular complexity index is 540. The zero-order valence-corrected chi connectivity index (χ0v) is 12.3. The number of methoxy groups -OCH3 is 1. The summed E-state index contributed by atoms with van der Waals surface area (Å²) in [7, 11) is 1.66. The summed E-state index contributed by atoms with van der Waals surface area (Å²) in [4.78, 5) is 0. The molecule has 0 aliphatic carbocycles. The molecule has 0 saturated carbocycles. The van der Waals surface area contributed by atoms with Gasteiger partial charge in [-0.15, -0.1) is 0 Å². The lowest BCUT2D eigenvalue weighted by Crippen LogP contribution is -2.12. The highest BCUT2D eigenvalue weighted by Crippen LogP contribution is 2.25. The molecule has 0 spiro atoms. The summed E-state index contributed by atoms with van der Waals surface area (Å²) in [6.45, 7) is 1.55. The Morgan fingerprint density at radius 3 is 2.32 bits per heavy atom. The molecule has 2 rings (SSSR count). The number of hydrogen-bond donors (Lipinski definition) is 2. The molecule has 19 heavy (non-hydrogen) atoms. The van der Waals surface area contributed by atoms with Crippen LogP contribution in [-0.4, -0.2) is 12.2 Å². The second-order valence-corrected chi connectivity index (χ2v) is 5.09. The first-order valence-electron chi connectivity index (χ1n) is 6.00. The van der Waals surface area contributed by atoms with Crippen LogP contribution in [0.4, 0.5) is 0 Å². The number of phenolic OH excluding ortho intramolecular Hbond substituents is 1. The fourth-order valence-electron chi connectivity index (χ4n) is 1.78. The highest BCUT2D eigenvalue weighted by Gasteiger charge is 2.01. The van der Waals surface area contributed by atoms with Crippen LogP contribution in [0.1, 0.15) is 11.1 Å². The number of phenols is 1. The van der Waals surface area contributed by atoms with Crippen LogP contribution in [0.5, 0.6) is 11.5 Å². The number of hydrogen-bond acceptors (Lipinski definition) is 3. The molecule has 4 heteroatoms. The van der Waals surface area contributed by atoms with Crippen molar-refractivity contribution in [1.29, 1.82) is 0 Å². The van der Waals surface area contributed by atoms with E-state index in [0.29, 0.717) is 5.75 Å². The molecule has 2 aromatic rings. The van der Waals surface area contributed by atoms with Gasteiger partial charge in [0.25, 0.3) is 0 Å². The Labute approximate surface area is 121 Å². The number of halogens is 1. The first-order valence-corrected chi connectivity index (χ1v) is 6.79. The highest BCUT2D eigenvalue weighted by molar-refractivity contribution is 9.10. The van der Waals surface area contributed by atoms with Gasteiger partial charge in [-0.1, -0.05) is 18.2 Å². The molecule has 0 amide bonds. The summed E-state index contributed by atoms with van der Waals surface area (Å²) in [5.74, 6) is 1.13. The molecule has 100 valence electrons. The van der Waals surface area contributed by atoms with Crippen molar-refractivity contribution >= 4 is 15.9 Å². The van der Waals surface area contributed by atoms with Crippen LogP contribution in [0.3, 0.4) is 0 Å². The van der Waals surface area contributed by atoms with E-state index < -0.39 is 0 Å². The molecule has 0 aliphatic heterocycles. The third-order valence-electron chi connectivity index (χ3n) is 2.81. The molecule has 0 saturated heterocycles. The van der Waals surface area contributed by atoms with Crippen LogP contribution in [0, 0.1) is 0 Å².